The van der Waals surface area contributed by atoms with E-state index in [2.05, 4.69) is 22.3 Å². The highest BCUT2D eigenvalue weighted by Crippen LogP contribution is 2.29. The van der Waals surface area contributed by atoms with Crippen molar-refractivity contribution < 1.29 is 9.53 Å². The standard InChI is InChI=1S/C34H50N2O2/c37-34(35-33-23-15-14-22-32(33)30-20-12-8-13-21-30)38-31-24-27-36(28-25-31)26-16-6-4-2-1-3-5-9-17-29-18-10-7-11-19-29/h8,12-15,20-23,29,31H,1-7,9-11,16-19,24-28H2,(H,35,37). The van der Waals surface area contributed by atoms with Gasteiger partial charge in [0.2, 0.25) is 0 Å². The number of nitrogens with zero attached hydrogens (tertiary/aromatic N) is 1. The first-order chi connectivity index (χ1) is 18.8. The van der Waals surface area contributed by atoms with Gasteiger partial charge in [-0.2, -0.15) is 0 Å². The highest BCUT2D eigenvalue weighted by atomic mass is 16.6. The molecule has 2 aliphatic rings. The third kappa shape index (κ3) is 10.1. The average molecular weight is 519 g/mol. The molecule has 2 aromatic rings. The van der Waals surface area contributed by atoms with Gasteiger partial charge in [-0.25, -0.2) is 4.79 Å². The first kappa shape index (κ1) is 28.7. The molecule has 4 rings (SSSR count). The van der Waals surface area contributed by atoms with Crippen molar-refractivity contribution in [3.63, 3.8) is 0 Å². The largest absolute Gasteiger partial charge is 0.446 e. The van der Waals surface area contributed by atoms with Crippen LogP contribution in [0, 0.1) is 5.92 Å². The monoisotopic (exact) mass is 518 g/mol. The Bertz CT molecular complexity index is 917. The van der Waals surface area contributed by atoms with Crippen LogP contribution in [-0.2, 0) is 4.74 Å². The summed E-state index contributed by atoms with van der Waals surface area (Å²) in [5.41, 5.74) is 2.89. The molecule has 1 amide bonds. The van der Waals surface area contributed by atoms with Crippen LogP contribution in [0.2, 0.25) is 0 Å². The zero-order valence-corrected chi connectivity index (χ0v) is 23.5. The minimum Gasteiger partial charge on any atom is -0.446 e. The Morgan fingerprint density at radius 2 is 1.37 bits per heavy atom. The van der Waals surface area contributed by atoms with Gasteiger partial charge in [-0.15, -0.1) is 0 Å². The molecule has 38 heavy (non-hydrogen) atoms. The molecule has 0 spiro atoms. The van der Waals surface area contributed by atoms with Crippen molar-refractivity contribution in [2.75, 3.05) is 25.0 Å². The minimum absolute atomic E-state index is 0.00764. The summed E-state index contributed by atoms with van der Waals surface area (Å²) in [5, 5.41) is 2.98. The van der Waals surface area contributed by atoms with Crippen molar-refractivity contribution in [2.24, 2.45) is 5.92 Å². The smallest absolute Gasteiger partial charge is 0.411 e. The molecule has 1 saturated carbocycles. The van der Waals surface area contributed by atoms with E-state index in [0.29, 0.717) is 0 Å². The van der Waals surface area contributed by atoms with Crippen molar-refractivity contribution in [1.82, 2.24) is 4.90 Å². The molecule has 0 radical (unpaired) electrons. The fraction of sp³-hybridized carbons (Fsp3) is 0.618. The minimum atomic E-state index is -0.346. The maximum absolute atomic E-state index is 12.6. The number of hydrogen-bond donors (Lipinski definition) is 1. The number of hydrogen-bond acceptors (Lipinski definition) is 3. The number of likely N-dealkylation sites (tertiary alicyclic amines) is 1. The lowest BCUT2D eigenvalue weighted by Crippen LogP contribution is -2.38. The molecule has 1 N–H and O–H groups in total. The molecule has 2 fully saturated rings. The van der Waals surface area contributed by atoms with Crippen molar-refractivity contribution in [1.29, 1.82) is 0 Å². The van der Waals surface area contributed by atoms with Crippen LogP contribution in [0.25, 0.3) is 11.1 Å². The Balaban J connectivity index is 1.01. The summed E-state index contributed by atoms with van der Waals surface area (Å²) in [5.74, 6) is 1.06. The van der Waals surface area contributed by atoms with E-state index in [9.17, 15) is 4.79 Å². The number of para-hydroxylation sites is 1. The van der Waals surface area contributed by atoms with E-state index in [4.69, 9.17) is 4.74 Å². The summed E-state index contributed by atoms with van der Waals surface area (Å²) in [6, 6.07) is 18.0. The van der Waals surface area contributed by atoms with Gasteiger partial charge in [-0.3, -0.25) is 5.32 Å². The number of carbonyl (C=O) groups is 1. The van der Waals surface area contributed by atoms with E-state index < -0.39 is 0 Å². The lowest BCUT2D eigenvalue weighted by Gasteiger charge is -2.31. The van der Waals surface area contributed by atoms with Crippen LogP contribution in [0.3, 0.4) is 0 Å². The van der Waals surface area contributed by atoms with Crippen LogP contribution in [0.5, 0.6) is 0 Å². The first-order valence-corrected chi connectivity index (χ1v) is 15.6. The van der Waals surface area contributed by atoms with Gasteiger partial charge in [-0.1, -0.05) is 132 Å². The van der Waals surface area contributed by atoms with Gasteiger partial charge >= 0.3 is 6.09 Å². The average Bonchev–Trinajstić information content (AvgIpc) is 2.96. The zero-order valence-electron chi connectivity index (χ0n) is 23.5. The molecule has 1 heterocycles. The fourth-order valence-corrected chi connectivity index (χ4v) is 6.31. The summed E-state index contributed by atoms with van der Waals surface area (Å²) in [6.45, 7) is 3.24. The summed E-state index contributed by atoms with van der Waals surface area (Å²) >= 11 is 0. The molecule has 1 saturated heterocycles. The number of nitrogens with one attached hydrogen (secondary N) is 1. The van der Waals surface area contributed by atoms with Gasteiger partial charge < -0.3 is 9.64 Å². The molecule has 4 nitrogen and oxygen atoms in total. The summed E-state index contributed by atoms with van der Waals surface area (Å²) in [7, 11) is 0. The summed E-state index contributed by atoms with van der Waals surface area (Å²) in [4.78, 5) is 15.2. The summed E-state index contributed by atoms with van der Waals surface area (Å²) < 4.78 is 5.79. The fourth-order valence-electron chi connectivity index (χ4n) is 6.31. The Kier molecular flexibility index (Phi) is 12.5. The van der Waals surface area contributed by atoms with Crippen LogP contribution >= 0.6 is 0 Å². The molecule has 2 aromatic carbocycles. The summed E-state index contributed by atoms with van der Waals surface area (Å²) in [6.07, 6.45) is 21.7. The SMILES string of the molecule is O=C(Nc1ccccc1-c1ccccc1)OC1CCN(CCCCCCCCCCC2CCCCC2)CC1. The van der Waals surface area contributed by atoms with E-state index in [-0.39, 0.29) is 12.2 Å². The molecule has 1 aliphatic heterocycles. The maximum atomic E-state index is 12.6. The Hall–Kier alpha value is -2.33. The number of rotatable bonds is 14. The van der Waals surface area contributed by atoms with Gasteiger partial charge in [0.1, 0.15) is 6.10 Å². The number of carbonyl (C=O) groups excluding carboxylic acids is 1. The highest BCUT2D eigenvalue weighted by molar-refractivity contribution is 5.91. The van der Waals surface area contributed by atoms with Crippen molar-refractivity contribution in [2.45, 2.75) is 109 Å². The lowest BCUT2D eigenvalue weighted by molar-refractivity contribution is 0.0585. The normalized spacial score (nSPS) is 17.4. The van der Waals surface area contributed by atoms with Gasteiger partial charge in [0.25, 0.3) is 0 Å². The van der Waals surface area contributed by atoms with Crippen LogP contribution in [0.4, 0.5) is 10.5 Å². The van der Waals surface area contributed by atoms with Gasteiger partial charge in [0.15, 0.2) is 0 Å². The number of unbranched alkanes of at least 4 members (excludes halogenated alkanes) is 7. The molecular formula is C34H50N2O2. The predicted octanol–water partition coefficient (Wildman–Crippen LogP) is 9.46. The lowest BCUT2D eigenvalue weighted by atomic mass is 9.85. The molecule has 0 atom stereocenters. The molecular weight excluding hydrogens is 468 g/mol. The molecule has 208 valence electrons. The molecule has 0 unspecified atom stereocenters. The molecule has 1 aliphatic carbocycles. The topological polar surface area (TPSA) is 41.6 Å². The van der Waals surface area contributed by atoms with Crippen molar-refractivity contribution in [3.8, 4) is 11.1 Å². The Morgan fingerprint density at radius 3 is 2.11 bits per heavy atom. The van der Waals surface area contributed by atoms with E-state index in [1.807, 2.05) is 42.5 Å². The van der Waals surface area contributed by atoms with Gasteiger partial charge in [0.05, 0.1) is 5.69 Å². The van der Waals surface area contributed by atoms with Crippen molar-refractivity contribution >= 4 is 11.8 Å². The number of ether oxygens (including phenoxy) is 1. The number of anilines is 1. The second kappa shape index (κ2) is 16.6. The van der Waals surface area contributed by atoms with Crippen LogP contribution in [0.1, 0.15) is 103 Å². The number of benzene rings is 2. The first-order valence-electron chi connectivity index (χ1n) is 15.6. The highest BCUT2D eigenvalue weighted by Gasteiger charge is 2.22. The Morgan fingerprint density at radius 1 is 0.737 bits per heavy atom. The zero-order chi connectivity index (χ0) is 26.3. The molecule has 0 aromatic heterocycles. The molecule has 0 bridgehead atoms. The van der Waals surface area contributed by atoms with Crippen LogP contribution < -0.4 is 5.32 Å². The van der Waals surface area contributed by atoms with E-state index in [0.717, 1.165) is 48.7 Å². The van der Waals surface area contributed by atoms with Gasteiger partial charge in [0, 0.05) is 18.7 Å². The van der Waals surface area contributed by atoms with E-state index in [1.165, 1.54) is 96.4 Å². The van der Waals surface area contributed by atoms with Gasteiger partial charge in [-0.05, 0) is 43.4 Å². The number of amides is 1. The van der Waals surface area contributed by atoms with Crippen molar-refractivity contribution in [3.05, 3.63) is 54.6 Å². The second-order valence-corrected chi connectivity index (χ2v) is 11.6. The quantitative estimate of drug-likeness (QED) is 0.253. The molecule has 4 heteroatoms. The van der Waals surface area contributed by atoms with E-state index in [1.54, 1.807) is 0 Å². The third-order valence-electron chi connectivity index (χ3n) is 8.62. The van der Waals surface area contributed by atoms with E-state index >= 15 is 0 Å². The third-order valence-corrected chi connectivity index (χ3v) is 8.62. The second-order valence-electron chi connectivity index (χ2n) is 11.6. The number of piperidine rings is 1. The van der Waals surface area contributed by atoms with Crippen LogP contribution in [-0.4, -0.2) is 36.7 Å². The Labute approximate surface area is 231 Å². The predicted molar refractivity (Wildman–Crippen MR) is 160 cm³/mol. The maximum Gasteiger partial charge on any atom is 0.411 e. The van der Waals surface area contributed by atoms with Crippen LogP contribution in [0.15, 0.2) is 54.6 Å².